The van der Waals surface area contributed by atoms with Gasteiger partial charge in [-0.25, -0.2) is 0 Å². The molecule has 2 atom stereocenters. The van der Waals surface area contributed by atoms with E-state index in [1.165, 1.54) is 12.8 Å². The smallest absolute Gasteiger partial charge is 0.230 e. The number of thioether (sulfide) groups is 1. The van der Waals surface area contributed by atoms with E-state index in [0.29, 0.717) is 17.0 Å². The minimum Gasteiger partial charge on any atom is -0.355 e. The first-order chi connectivity index (χ1) is 8.69. The van der Waals surface area contributed by atoms with Crippen LogP contribution in [-0.4, -0.2) is 36.0 Å². The Bertz CT molecular complexity index is 206. The van der Waals surface area contributed by atoms with Gasteiger partial charge in [0, 0.05) is 17.8 Å². The van der Waals surface area contributed by atoms with Crippen molar-refractivity contribution in [2.45, 2.75) is 64.7 Å². The van der Waals surface area contributed by atoms with Gasteiger partial charge >= 0.3 is 0 Å². The third-order valence-electron chi connectivity index (χ3n) is 2.92. The van der Waals surface area contributed by atoms with E-state index in [1.54, 1.807) is 11.8 Å². The quantitative estimate of drug-likeness (QED) is 0.609. The lowest BCUT2D eigenvalue weighted by atomic mass is 10.1. The van der Waals surface area contributed by atoms with Crippen molar-refractivity contribution in [1.82, 2.24) is 10.6 Å². The maximum atomic E-state index is 11.6. The number of rotatable bonds is 11. The van der Waals surface area contributed by atoms with Gasteiger partial charge in [0.1, 0.15) is 0 Å². The van der Waals surface area contributed by atoms with Gasteiger partial charge in [0.2, 0.25) is 5.91 Å². The van der Waals surface area contributed by atoms with Crippen LogP contribution in [0, 0.1) is 0 Å². The highest BCUT2D eigenvalue weighted by Crippen LogP contribution is 2.21. The second-order valence-corrected chi connectivity index (χ2v) is 5.79. The highest BCUT2D eigenvalue weighted by molar-refractivity contribution is 8.00. The maximum absolute atomic E-state index is 11.6. The number of hydrogen-bond donors (Lipinski definition) is 2. The molecule has 2 N–H and O–H groups in total. The molecule has 3 nitrogen and oxygen atoms in total. The van der Waals surface area contributed by atoms with Crippen LogP contribution < -0.4 is 10.6 Å². The Labute approximate surface area is 117 Å². The molecule has 108 valence electrons. The van der Waals surface area contributed by atoms with Gasteiger partial charge in [-0.1, -0.05) is 34.1 Å². The lowest BCUT2D eigenvalue weighted by Gasteiger charge is -2.26. The molecule has 4 heteroatoms. The van der Waals surface area contributed by atoms with Crippen LogP contribution in [0.4, 0.5) is 0 Å². The van der Waals surface area contributed by atoms with Crippen LogP contribution in [0.25, 0.3) is 0 Å². The Morgan fingerprint density at radius 2 is 1.89 bits per heavy atom. The molecule has 2 unspecified atom stereocenters. The van der Waals surface area contributed by atoms with E-state index in [9.17, 15) is 4.79 Å². The predicted molar refractivity (Wildman–Crippen MR) is 82.2 cm³/mol. The summed E-state index contributed by atoms with van der Waals surface area (Å²) in [6, 6.07) is 0.536. The Balaban J connectivity index is 4.09. The van der Waals surface area contributed by atoms with Crippen LogP contribution in [0.5, 0.6) is 0 Å². The van der Waals surface area contributed by atoms with Gasteiger partial charge in [-0.3, -0.25) is 4.79 Å². The van der Waals surface area contributed by atoms with E-state index >= 15 is 0 Å². The summed E-state index contributed by atoms with van der Waals surface area (Å²) in [6.45, 7) is 10.4. The molecular weight excluding hydrogens is 244 g/mol. The van der Waals surface area contributed by atoms with Crippen LogP contribution in [0.15, 0.2) is 0 Å². The SMILES string of the molecule is CCCNC(=O)CSC(CC)C(CCC)NCC. The average molecular weight is 274 g/mol. The number of carbonyl (C=O) groups excluding carboxylic acids is 1. The minimum atomic E-state index is 0.173. The number of amides is 1. The molecule has 18 heavy (non-hydrogen) atoms. The molecule has 0 aromatic rings. The van der Waals surface area contributed by atoms with E-state index in [1.807, 2.05) is 0 Å². The fourth-order valence-corrected chi connectivity index (χ4v) is 3.18. The molecule has 0 bridgehead atoms. The summed E-state index contributed by atoms with van der Waals surface area (Å²) in [5, 5.41) is 7.02. The van der Waals surface area contributed by atoms with Gasteiger partial charge in [-0.05, 0) is 25.8 Å². The molecule has 0 aromatic carbocycles. The van der Waals surface area contributed by atoms with Crippen molar-refractivity contribution >= 4 is 17.7 Å². The first kappa shape index (κ1) is 17.8. The van der Waals surface area contributed by atoms with Crippen molar-refractivity contribution in [1.29, 1.82) is 0 Å². The molecule has 0 fully saturated rings. The van der Waals surface area contributed by atoms with Crippen LogP contribution >= 0.6 is 11.8 Å². The zero-order valence-electron chi connectivity index (χ0n) is 12.4. The fourth-order valence-electron chi connectivity index (χ4n) is 2.01. The van der Waals surface area contributed by atoms with Crippen molar-refractivity contribution in [2.24, 2.45) is 0 Å². The van der Waals surface area contributed by atoms with Gasteiger partial charge < -0.3 is 10.6 Å². The molecule has 0 heterocycles. The Hall–Kier alpha value is -0.220. The van der Waals surface area contributed by atoms with Gasteiger partial charge in [-0.2, -0.15) is 0 Å². The molecule has 0 saturated carbocycles. The highest BCUT2D eigenvalue weighted by atomic mass is 32.2. The Kier molecular flexibility index (Phi) is 11.7. The van der Waals surface area contributed by atoms with E-state index in [-0.39, 0.29) is 5.91 Å². The topological polar surface area (TPSA) is 41.1 Å². The van der Waals surface area contributed by atoms with E-state index in [0.717, 1.165) is 25.9 Å². The normalized spacial score (nSPS) is 14.2. The monoisotopic (exact) mass is 274 g/mol. The minimum absolute atomic E-state index is 0.173. The van der Waals surface area contributed by atoms with Crippen molar-refractivity contribution in [2.75, 3.05) is 18.8 Å². The molecule has 0 rings (SSSR count). The van der Waals surface area contributed by atoms with E-state index < -0.39 is 0 Å². The second-order valence-electron chi connectivity index (χ2n) is 4.56. The van der Waals surface area contributed by atoms with Crippen LogP contribution in [0.1, 0.15) is 53.4 Å². The number of nitrogens with one attached hydrogen (secondary N) is 2. The van der Waals surface area contributed by atoms with Crippen molar-refractivity contribution in [3.63, 3.8) is 0 Å². The molecule has 1 amide bonds. The first-order valence-corrected chi connectivity index (χ1v) is 8.35. The third-order valence-corrected chi connectivity index (χ3v) is 4.44. The lowest BCUT2D eigenvalue weighted by Crippen LogP contribution is -2.38. The summed E-state index contributed by atoms with van der Waals surface area (Å²) in [5.41, 5.74) is 0. The van der Waals surface area contributed by atoms with E-state index in [4.69, 9.17) is 0 Å². The zero-order valence-corrected chi connectivity index (χ0v) is 13.2. The van der Waals surface area contributed by atoms with Crippen LogP contribution in [0.3, 0.4) is 0 Å². The highest BCUT2D eigenvalue weighted by Gasteiger charge is 2.19. The molecular formula is C14H30N2OS. The molecule has 0 radical (unpaired) electrons. The van der Waals surface area contributed by atoms with Gasteiger partial charge in [0.05, 0.1) is 5.75 Å². The van der Waals surface area contributed by atoms with Gasteiger partial charge in [-0.15, -0.1) is 11.8 Å². The Morgan fingerprint density at radius 3 is 2.39 bits per heavy atom. The average Bonchev–Trinajstić information content (AvgIpc) is 2.37. The number of hydrogen-bond acceptors (Lipinski definition) is 3. The summed E-state index contributed by atoms with van der Waals surface area (Å²) >= 11 is 1.79. The van der Waals surface area contributed by atoms with Crippen molar-refractivity contribution in [3.8, 4) is 0 Å². The third kappa shape index (κ3) is 7.98. The van der Waals surface area contributed by atoms with Crippen molar-refractivity contribution in [3.05, 3.63) is 0 Å². The molecule has 0 saturated heterocycles. The van der Waals surface area contributed by atoms with Gasteiger partial charge in [0.25, 0.3) is 0 Å². The Morgan fingerprint density at radius 1 is 1.17 bits per heavy atom. The molecule has 0 aliphatic rings. The van der Waals surface area contributed by atoms with Crippen LogP contribution in [0.2, 0.25) is 0 Å². The second kappa shape index (κ2) is 11.8. The fraction of sp³-hybridized carbons (Fsp3) is 0.929. The lowest BCUT2D eigenvalue weighted by molar-refractivity contribution is -0.118. The summed E-state index contributed by atoms with van der Waals surface area (Å²) in [5.74, 6) is 0.761. The zero-order chi connectivity index (χ0) is 13.8. The van der Waals surface area contributed by atoms with E-state index in [2.05, 4.69) is 38.3 Å². The molecule has 0 aromatic heterocycles. The predicted octanol–water partition coefficient (Wildman–Crippen LogP) is 2.80. The molecule has 0 spiro atoms. The largest absolute Gasteiger partial charge is 0.355 e. The standard InChI is InChI=1S/C14H30N2OS/c1-5-9-12(15-8-4)13(7-3)18-11-14(17)16-10-6-2/h12-13,15H,5-11H2,1-4H3,(H,16,17). The van der Waals surface area contributed by atoms with Crippen LogP contribution in [-0.2, 0) is 4.79 Å². The van der Waals surface area contributed by atoms with Gasteiger partial charge in [0.15, 0.2) is 0 Å². The molecule has 0 aliphatic carbocycles. The summed E-state index contributed by atoms with van der Waals surface area (Å²) in [6.07, 6.45) is 4.50. The first-order valence-electron chi connectivity index (χ1n) is 7.31. The maximum Gasteiger partial charge on any atom is 0.230 e. The summed E-state index contributed by atoms with van der Waals surface area (Å²) < 4.78 is 0. The number of carbonyl (C=O) groups is 1. The summed E-state index contributed by atoms with van der Waals surface area (Å²) in [4.78, 5) is 11.6. The summed E-state index contributed by atoms with van der Waals surface area (Å²) in [7, 11) is 0. The molecule has 0 aliphatic heterocycles. The van der Waals surface area contributed by atoms with Crippen molar-refractivity contribution < 1.29 is 4.79 Å².